The Morgan fingerprint density at radius 3 is 2.25 bits per heavy atom. The van der Waals surface area contributed by atoms with Crippen molar-refractivity contribution in [3.8, 4) is 0 Å². The lowest BCUT2D eigenvalue weighted by molar-refractivity contribution is 0.0538. The Kier molecular flexibility index (Phi) is 5.24. The smallest absolute Gasteiger partial charge is 0.255 e. The third-order valence-corrected chi connectivity index (χ3v) is 6.46. The Hall–Kier alpha value is -1.23. The molecule has 12 heteroatoms. The fraction of sp³-hybridized carbons (Fsp3) is 0.500. The van der Waals surface area contributed by atoms with Crippen LogP contribution >= 0.6 is 23.2 Å². The minimum absolute atomic E-state index is 0.00944. The van der Waals surface area contributed by atoms with Gasteiger partial charge in [-0.3, -0.25) is 4.68 Å². The van der Waals surface area contributed by atoms with Gasteiger partial charge in [-0.15, -0.1) is 0 Å². The number of nitrogens with zero attached hydrogens (tertiary/aromatic N) is 5. The Balaban J connectivity index is 2.42. The third kappa shape index (κ3) is 3.15. The van der Waals surface area contributed by atoms with Crippen LogP contribution in [0.5, 0.6) is 0 Å². The molecule has 0 bridgehead atoms. The molecule has 0 saturated heterocycles. The predicted molar refractivity (Wildman–Crippen MR) is 84.8 cm³/mol. The first kappa shape index (κ1) is 19.1. The summed E-state index contributed by atoms with van der Waals surface area (Å²) in [4.78, 5) is -0.261. The summed E-state index contributed by atoms with van der Waals surface area (Å²) in [5.41, 5.74) is 0.107. The van der Waals surface area contributed by atoms with Crippen LogP contribution in [0.15, 0.2) is 4.90 Å². The Morgan fingerprint density at radius 1 is 1.25 bits per heavy atom. The molecule has 0 N–H and O–H groups in total. The number of aryl methyl sites for hydroxylation is 2. The summed E-state index contributed by atoms with van der Waals surface area (Å²) in [6.45, 7) is -0.461. The van der Waals surface area contributed by atoms with E-state index in [1.807, 2.05) is 0 Å². The molecule has 2 rings (SSSR count). The van der Waals surface area contributed by atoms with Crippen LogP contribution in [0.1, 0.15) is 23.6 Å². The highest BCUT2D eigenvalue weighted by Gasteiger charge is 2.31. The van der Waals surface area contributed by atoms with Crippen molar-refractivity contribution < 1.29 is 17.2 Å². The number of hydrogen-bond donors (Lipinski definition) is 0. The minimum atomic E-state index is -4.07. The second kappa shape index (κ2) is 6.58. The van der Waals surface area contributed by atoms with Gasteiger partial charge in [-0.1, -0.05) is 23.2 Å². The van der Waals surface area contributed by atoms with E-state index in [9.17, 15) is 17.2 Å². The Labute approximate surface area is 147 Å². The summed E-state index contributed by atoms with van der Waals surface area (Å²) in [7, 11) is -1.20. The van der Waals surface area contributed by atoms with E-state index in [0.717, 1.165) is 4.31 Å². The zero-order valence-corrected chi connectivity index (χ0v) is 15.6. The van der Waals surface area contributed by atoms with Crippen LogP contribution in [0, 0.1) is 13.8 Å². The van der Waals surface area contributed by atoms with Gasteiger partial charge in [0, 0.05) is 14.1 Å². The largest absolute Gasteiger partial charge is 0.333 e. The van der Waals surface area contributed by atoms with Crippen molar-refractivity contribution in [2.24, 2.45) is 7.05 Å². The molecule has 2 aromatic heterocycles. The zero-order valence-electron chi connectivity index (χ0n) is 13.3. The summed E-state index contributed by atoms with van der Waals surface area (Å²) in [5.74, 6) is 0. The number of halogens is 4. The summed E-state index contributed by atoms with van der Waals surface area (Å²) >= 11 is 11.9. The summed E-state index contributed by atoms with van der Waals surface area (Å²) in [6.07, 6.45) is 0. The maximum Gasteiger partial charge on any atom is 0.333 e. The first-order valence-electron chi connectivity index (χ1n) is 6.65. The van der Waals surface area contributed by atoms with Crippen LogP contribution in [0.3, 0.4) is 0 Å². The van der Waals surface area contributed by atoms with Crippen LogP contribution in [0.25, 0.3) is 0 Å². The fourth-order valence-electron chi connectivity index (χ4n) is 2.29. The molecule has 0 spiro atoms. The van der Waals surface area contributed by atoms with E-state index in [1.165, 1.54) is 25.6 Å². The van der Waals surface area contributed by atoms with E-state index in [2.05, 4.69) is 10.2 Å². The molecule has 0 aliphatic carbocycles. The highest BCUT2D eigenvalue weighted by molar-refractivity contribution is 7.89. The molecule has 0 saturated carbocycles. The number of sulfonamides is 1. The van der Waals surface area contributed by atoms with Gasteiger partial charge in [0.25, 0.3) is 0 Å². The molecule has 0 radical (unpaired) electrons. The second-order valence-electron chi connectivity index (χ2n) is 5.16. The maximum absolute atomic E-state index is 12.9. The lowest BCUT2D eigenvalue weighted by Gasteiger charge is -2.16. The normalized spacial score (nSPS) is 12.6. The first-order valence-corrected chi connectivity index (χ1v) is 8.85. The van der Waals surface area contributed by atoms with Crippen molar-refractivity contribution >= 4 is 33.2 Å². The number of hydrogen-bond acceptors (Lipinski definition) is 4. The predicted octanol–water partition coefficient (Wildman–Crippen LogP) is 2.76. The van der Waals surface area contributed by atoms with Crippen molar-refractivity contribution in [3.05, 3.63) is 27.3 Å². The van der Waals surface area contributed by atoms with Gasteiger partial charge in [0.1, 0.15) is 15.1 Å². The summed E-state index contributed by atoms with van der Waals surface area (Å²) in [6, 6.07) is 0. The molecule has 24 heavy (non-hydrogen) atoms. The second-order valence-corrected chi connectivity index (χ2v) is 7.88. The first-order chi connectivity index (χ1) is 11.0. The average molecular weight is 402 g/mol. The molecule has 2 aromatic rings. The Morgan fingerprint density at radius 2 is 1.83 bits per heavy atom. The lowest BCUT2D eigenvalue weighted by Crippen LogP contribution is -2.28. The van der Waals surface area contributed by atoms with Gasteiger partial charge in [0.2, 0.25) is 10.0 Å². The molecule has 134 valence electrons. The number of alkyl halides is 2. The van der Waals surface area contributed by atoms with Gasteiger partial charge in [-0.2, -0.15) is 23.3 Å². The van der Waals surface area contributed by atoms with E-state index in [-0.39, 0.29) is 38.7 Å². The van der Waals surface area contributed by atoms with Crippen molar-refractivity contribution in [2.75, 3.05) is 7.05 Å². The lowest BCUT2D eigenvalue weighted by atomic mass is 10.4. The molecular weight excluding hydrogens is 387 g/mol. The van der Waals surface area contributed by atoms with Crippen molar-refractivity contribution in [2.45, 2.75) is 31.8 Å². The molecule has 0 aliphatic rings. The topological polar surface area (TPSA) is 73.0 Å². The van der Waals surface area contributed by atoms with Gasteiger partial charge in [0.15, 0.2) is 0 Å². The number of rotatable bonds is 5. The standard InChI is InChI=1S/C12H15Cl2F2N5O2S/c1-6-10(7(2)21(17-6)12(15)16)24(22,23)19(3)5-8-9(13)11(14)20(4)18-8/h12H,5H2,1-4H3. The van der Waals surface area contributed by atoms with Crippen LogP contribution < -0.4 is 0 Å². The van der Waals surface area contributed by atoms with Crippen LogP contribution in [-0.4, -0.2) is 39.3 Å². The van der Waals surface area contributed by atoms with Gasteiger partial charge in [-0.05, 0) is 13.8 Å². The quantitative estimate of drug-likeness (QED) is 0.771. The van der Waals surface area contributed by atoms with Crippen molar-refractivity contribution in [1.29, 1.82) is 0 Å². The van der Waals surface area contributed by atoms with Crippen LogP contribution in [-0.2, 0) is 23.6 Å². The van der Waals surface area contributed by atoms with E-state index in [4.69, 9.17) is 23.2 Å². The summed E-state index contributed by atoms with van der Waals surface area (Å²) in [5, 5.41) is 7.95. The molecule has 2 heterocycles. The number of aromatic nitrogens is 4. The highest BCUT2D eigenvalue weighted by Crippen LogP contribution is 2.29. The molecule has 0 amide bonds. The zero-order chi connectivity index (χ0) is 18.4. The van der Waals surface area contributed by atoms with Gasteiger partial charge in [-0.25, -0.2) is 13.1 Å². The van der Waals surface area contributed by atoms with E-state index in [0.29, 0.717) is 4.68 Å². The summed E-state index contributed by atoms with van der Waals surface area (Å²) < 4.78 is 53.9. The maximum atomic E-state index is 12.9. The van der Waals surface area contributed by atoms with Crippen LogP contribution in [0.4, 0.5) is 8.78 Å². The molecule has 0 fully saturated rings. The minimum Gasteiger partial charge on any atom is -0.255 e. The molecule has 0 unspecified atom stereocenters. The van der Waals surface area contributed by atoms with E-state index < -0.39 is 16.6 Å². The van der Waals surface area contributed by atoms with Crippen molar-refractivity contribution in [1.82, 2.24) is 23.9 Å². The fourth-order valence-corrected chi connectivity index (χ4v) is 4.15. The average Bonchev–Trinajstić information content (AvgIpc) is 2.91. The molecule has 7 nitrogen and oxygen atoms in total. The molecule has 0 aliphatic heterocycles. The van der Waals surface area contributed by atoms with Gasteiger partial charge < -0.3 is 0 Å². The Bertz CT molecular complexity index is 879. The molecule has 0 atom stereocenters. The monoisotopic (exact) mass is 401 g/mol. The van der Waals surface area contributed by atoms with Crippen molar-refractivity contribution in [3.63, 3.8) is 0 Å². The van der Waals surface area contributed by atoms with E-state index in [1.54, 1.807) is 7.05 Å². The third-order valence-electron chi connectivity index (χ3n) is 3.47. The van der Waals surface area contributed by atoms with Gasteiger partial charge in [0.05, 0.1) is 23.6 Å². The molecular formula is C12H15Cl2F2N5O2S. The van der Waals surface area contributed by atoms with Gasteiger partial charge >= 0.3 is 6.55 Å². The highest BCUT2D eigenvalue weighted by atomic mass is 35.5. The van der Waals surface area contributed by atoms with Crippen LogP contribution in [0.2, 0.25) is 10.2 Å². The van der Waals surface area contributed by atoms with E-state index >= 15 is 0 Å². The SMILES string of the molecule is Cc1nn(C(F)F)c(C)c1S(=O)(=O)N(C)Cc1nn(C)c(Cl)c1Cl. The molecule has 0 aromatic carbocycles.